The van der Waals surface area contributed by atoms with Gasteiger partial charge in [0.15, 0.2) is 19.3 Å². The Morgan fingerprint density at radius 2 is 1.82 bits per heavy atom. The number of benzene rings is 1. The lowest BCUT2D eigenvalue weighted by Gasteiger charge is -2.39. The summed E-state index contributed by atoms with van der Waals surface area (Å²) >= 11 is 1.28. The van der Waals surface area contributed by atoms with Gasteiger partial charge in [-0.1, -0.05) is 32.1 Å². The number of hydrogen-bond donors (Lipinski definition) is 1. The third kappa shape index (κ3) is 6.08. The second-order valence-electron chi connectivity index (χ2n) is 12.3. The highest BCUT2D eigenvalue weighted by molar-refractivity contribution is 7.22. The predicted molar refractivity (Wildman–Crippen MR) is 159 cm³/mol. The molecule has 2 aromatic heterocycles. The van der Waals surface area contributed by atoms with Crippen LogP contribution in [-0.2, 0) is 25.3 Å². The van der Waals surface area contributed by atoms with Crippen LogP contribution in [0.15, 0.2) is 24.5 Å². The summed E-state index contributed by atoms with van der Waals surface area (Å²) in [7, 11) is -0.316. The van der Waals surface area contributed by atoms with Crippen molar-refractivity contribution in [1.29, 1.82) is 0 Å². The largest absolute Gasteiger partial charge is 0.506 e. The average Bonchev–Trinajstić information content (AvgIpc) is 3.52. The summed E-state index contributed by atoms with van der Waals surface area (Å²) in [6.07, 6.45) is 8.48. The Morgan fingerprint density at radius 3 is 2.48 bits per heavy atom. The number of fused-ring (bicyclic) bond motifs is 1. The van der Waals surface area contributed by atoms with E-state index in [-0.39, 0.29) is 41.6 Å². The van der Waals surface area contributed by atoms with Gasteiger partial charge < -0.3 is 19.0 Å². The SMILES string of the molecule is COCN(C(=O)C1CC1)c1nc2ccc(-c3cnc(CO[C@H]4CCCC4O[Si](C)(C)C(C)(C)C)nc3)c(O)c2s1. The number of phenols is 1. The van der Waals surface area contributed by atoms with Crippen LogP contribution >= 0.6 is 11.3 Å². The molecule has 0 aliphatic heterocycles. The predicted octanol–water partition coefficient (Wildman–Crippen LogP) is 6.27. The molecule has 1 N–H and O–H groups in total. The molecule has 2 atom stereocenters. The van der Waals surface area contributed by atoms with E-state index in [2.05, 4.69) is 48.8 Å². The van der Waals surface area contributed by atoms with Crippen molar-refractivity contribution in [3.63, 3.8) is 0 Å². The molecule has 11 heteroatoms. The quantitative estimate of drug-likeness (QED) is 0.220. The number of ether oxygens (including phenoxy) is 2. The molecule has 2 heterocycles. The highest BCUT2D eigenvalue weighted by Gasteiger charge is 2.42. The van der Waals surface area contributed by atoms with E-state index in [0.29, 0.717) is 38.9 Å². The fraction of sp³-hybridized carbons (Fsp3) is 0.586. The smallest absolute Gasteiger partial charge is 0.233 e. The molecule has 9 nitrogen and oxygen atoms in total. The second kappa shape index (κ2) is 11.4. The minimum absolute atomic E-state index is 0.0160. The molecule has 2 saturated carbocycles. The molecule has 0 saturated heterocycles. The molecule has 0 spiro atoms. The van der Waals surface area contributed by atoms with Crippen LogP contribution in [0.3, 0.4) is 0 Å². The number of aromatic nitrogens is 3. The van der Waals surface area contributed by atoms with Crippen LogP contribution < -0.4 is 4.90 Å². The van der Waals surface area contributed by atoms with Crippen LogP contribution in [0.5, 0.6) is 5.75 Å². The molecule has 2 aliphatic rings. The summed E-state index contributed by atoms with van der Waals surface area (Å²) < 4.78 is 18.8. The number of aromatic hydroxyl groups is 1. The van der Waals surface area contributed by atoms with Gasteiger partial charge in [0.25, 0.3) is 0 Å². The Balaban J connectivity index is 1.27. The van der Waals surface area contributed by atoms with Crippen LogP contribution in [0.25, 0.3) is 21.3 Å². The molecule has 2 fully saturated rings. The lowest BCUT2D eigenvalue weighted by molar-refractivity contribution is -0.120. The van der Waals surface area contributed by atoms with Crippen molar-refractivity contribution < 1.29 is 23.8 Å². The number of amides is 1. The lowest BCUT2D eigenvalue weighted by Crippen LogP contribution is -2.46. The maximum atomic E-state index is 12.8. The van der Waals surface area contributed by atoms with E-state index in [0.717, 1.165) is 32.1 Å². The summed E-state index contributed by atoms with van der Waals surface area (Å²) in [5.41, 5.74) is 1.93. The summed E-state index contributed by atoms with van der Waals surface area (Å²) in [5.74, 6) is 0.746. The molecule has 0 bridgehead atoms. The molecule has 216 valence electrons. The van der Waals surface area contributed by atoms with Crippen molar-refractivity contribution >= 4 is 40.9 Å². The number of methoxy groups -OCH3 is 1. The topological polar surface area (TPSA) is 107 Å². The summed E-state index contributed by atoms with van der Waals surface area (Å²) in [6.45, 7) is 11.8. The van der Waals surface area contributed by atoms with E-state index in [9.17, 15) is 9.90 Å². The van der Waals surface area contributed by atoms with Crippen molar-refractivity contribution in [2.24, 2.45) is 5.92 Å². The maximum Gasteiger partial charge on any atom is 0.233 e. The number of thiazole rings is 1. The zero-order valence-corrected chi connectivity index (χ0v) is 26.1. The standard InChI is InChI=1S/C29H40N4O5SSi/c1-29(2,3)40(5,6)38-23-9-7-8-22(23)37-16-24-30-14-19(15-31-24)20-12-13-21-26(25(20)34)39-28(32-21)33(17-36-4)27(35)18-10-11-18/h12-15,18,22-23,34H,7-11,16-17H2,1-6H3/t22-,23?/m0/s1. The fourth-order valence-corrected chi connectivity index (χ4v) is 7.11. The number of nitrogens with zero attached hydrogens (tertiary/aromatic N) is 4. The third-order valence-corrected chi connectivity index (χ3v) is 13.9. The van der Waals surface area contributed by atoms with Gasteiger partial charge in [0, 0.05) is 36.5 Å². The molecule has 2 aliphatic carbocycles. The first-order valence-electron chi connectivity index (χ1n) is 14.0. The van der Waals surface area contributed by atoms with Gasteiger partial charge in [-0.15, -0.1) is 0 Å². The number of hydrogen-bond acceptors (Lipinski definition) is 9. The minimum Gasteiger partial charge on any atom is -0.506 e. The van der Waals surface area contributed by atoms with Gasteiger partial charge in [0.2, 0.25) is 5.91 Å². The van der Waals surface area contributed by atoms with Crippen molar-refractivity contribution in [2.45, 2.75) is 89.8 Å². The summed E-state index contributed by atoms with van der Waals surface area (Å²) in [6, 6.07) is 3.65. The van der Waals surface area contributed by atoms with Crippen LogP contribution in [0.2, 0.25) is 18.1 Å². The van der Waals surface area contributed by atoms with Gasteiger partial charge in [-0.05, 0) is 62.4 Å². The number of carbonyl (C=O) groups is 1. The Bertz CT molecular complexity index is 1350. The van der Waals surface area contributed by atoms with Crippen molar-refractivity contribution in [1.82, 2.24) is 15.0 Å². The minimum atomic E-state index is -1.87. The Labute approximate surface area is 241 Å². The van der Waals surface area contributed by atoms with E-state index in [1.807, 2.05) is 6.07 Å². The van der Waals surface area contributed by atoms with E-state index in [4.69, 9.17) is 13.9 Å². The fourth-order valence-electron chi connectivity index (χ4n) is 4.73. The monoisotopic (exact) mass is 584 g/mol. The molecule has 0 radical (unpaired) electrons. The van der Waals surface area contributed by atoms with E-state index >= 15 is 0 Å². The average molecular weight is 585 g/mol. The summed E-state index contributed by atoms with van der Waals surface area (Å²) in [4.78, 5) is 28.0. The van der Waals surface area contributed by atoms with Crippen LogP contribution in [-0.4, -0.2) is 60.3 Å². The number of rotatable bonds is 10. The van der Waals surface area contributed by atoms with Crippen LogP contribution in [0.4, 0.5) is 5.13 Å². The highest BCUT2D eigenvalue weighted by Crippen LogP contribution is 2.43. The van der Waals surface area contributed by atoms with Crippen LogP contribution in [0.1, 0.15) is 58.7 Å². The van der Waals surface area contributed by atoms with Gasteiger partial charge in [0.1, 0.15) is 19.1 Å². The molecular weight excluding hydrogens is 544 g/mol. The number of phenolic OH excluding ortho intramolecular Hbond substituents is 1. The number of anilines is 1. The van der Waals surface area contributed by atoms with Crippen molar-refractivity contribution in [3.8, 4) is 16.9 Å². The Kier molecular flexibility index (Phi) is 8.31. The molecular formula is C29H40N4O5SSi. The first-order valence-corrected chi connectivity index (χ1v) is 17.7. The summed E-state index contributed by atoms with van der Waals surface area (Å²) in [5, 5.41) is 11.8. The van der Waals surface area contributed by atoms with E-state index < -0.39 is 8.32 Å². The van der Waals surface area contributed by atoms with Gasteiger partial charge in [-0.25, -0.2) is 15.0 Å². The normalized spacial score (nSPS) is 19.9. The molecule has 1 amide bonds. The zero-order valence-electron chi connectivity index (χ0n) is 24.3. The van der Waals surface area contributed by atoms with Gasteiger partial charge >= 0.3 is 0 Å². The maximum absolute atomic E-state index is 12.8. The van der Waals surface area contributed by atoms with E-state index in [1.54, 1.807) is 30.5 Å². The Hall–Kier alpha value is -2.44. The second-order valence-corrected chi connectivity index (χ2v) is 18.1. The van der Waals surface area contributed by atoms with E-state index in [1.165, 1.54) is 11.3 Å². The third-order valence-electron chi connectivity index (χ3n) is 8.29. The first-order chi connectivity index (χ1) is 19.0. The lowest BCUT2D eigenvalue weighted by atomic mass is 10.1. The molecule has 40 heavy (non-hydrogen) atoms. The molecule has 3 aromatic rings. The first kappa shape index (κ1) is 29.1. The highest BCUT2D eigenvalue weighted by atomic mass is 32.1. The van der Waals surface area contributed by atoms with Gasteiger partial charge in [-0.3, -0.25) is 9.69 Å². The number of carbonyl (C=O) groups excluding carboxylic acids is 1. The van der Waals surface area contributed by atoms with Gasteiger partial charge in [0.05, 0.1) is 22.4 Å². The molecule has 1 aromatic carbocycles. The molecule has 1 unspecified atom stereocenters. The zero-order chi connectivity index (χ0) is 28.7. The Morgan fingerprint density at radius 1 is 1.12 bits per heavy atom. The van der Waals surface area contributed by atoms with Crippen molar-refractivity contribution in [3.05, 3.63) is 30.4 Å². The molecule has 5 rings (SSSR count). The van der Waals surface area contributed by atoms with Crippen molar-refractivity contribution in [2.75, 3.05) is 18.7 Å². The van der Waals surface area contributed by atoms with Gasteiger partial charge in [-0.2, -0.15) is 0 Å². The van der Waals surface area contributed by atoms with Crippen LogP contribution in [0, 0.1) is 5.92 Å².